The zero-order valence-corrected chi connectivity index (χ0v) is 33.6. The van der Waals surface area contributed by atoms with Crippen LogP contribution in [0.5, 0.6) is 0 Å². The summed E-state index contributed by atoms with van der Waals surface area (Å²) in [6, 6.07) is 11.9. The van der Waals surface area contributed by atoms with Gasteiger partial charge in [0.25, 0.3) is 0 Å². The third-order valence-electron chi connectivity index (χ3n) is 11.0. The molecule has 5 aromatic rings. The summed E-state index contributed by atoms with van der Waals surface area (Å²) >= 11 is 0. The first-order chi connectivity index (χ1) is 27.9. The Hall–Kier alpha value is -6.32. The summed E-state index contributed by atoms with van der Waals surface area (Å²) in [4.78, 5) is 80.5. The molecule has 4 amide bonds. The third-order valence-corrected chi connectivity index (χ3v) is 11.0. The molecule has 2 fully saturated rings. The van der Waals surface area contributed by atoms with E-state index in [2.05, 4.69) is 25.6 Å². The number of likely N-dealkylation sites (tertiary alicyclic amines) is 2. The fourth-order valence-corrected chi connectivity index (χ4v) is 7.82. The molecule has 2 aliphatic rings. The molecular formula is C42H50N10O6. The highest BCUT2D eigenvalue weighted by molar-refractivity contribution is 5.87. The second-order valence-corrected chi connectivity index (χ2v) is 15.5. The normalized spacial score (nSPS) is 17.8. The number of H-pyrrole nitrogens is 2. The lowest BCUT2D eigenvalue weighted by molar-refractivity contribution is -0.136. The van der Waals surface area contributed by atoms with Crippen molar-refractivity contribution in [2.45, 2.75) is 77.5 Å². The van der Waals surface area contributed by atoms with Gasteiger partial charge in [-0.15, -0.1) is 0 Å². The van der Waals surface area contributed by atoms with Crippen LogP contribution < -0.4 is 10.6 Å². The van der Waals surface area contributed by atoms with Crippen molar-refractivity contribution in [2.75, 3.05) is 27.3 Å². The molecule has 0 aliphatic carbocycles. The first-order valence-electron chi connectivity index (χ1n) is 19.7. The Bertz CT molecular complexity index is 2270. The number of methoxy groups -OCH3 is 2. The molecule has 4 aromatic heterocycles. The van der Waals surface area contributed by atoms with Gasteiger partial charge in [0.2, 0.25) is 11.8 Å². The van der Waals surface area contributed by atoms with E-state index in [-0.39, 0.29) is 35.7 Å². The standard InChI is InChI=1S/C42H50N10O6/c1-23(2)35(49-41(55)57-5)39(53)51-17-7-9-33(51)37-45-22-32(48-37)27-13-15-29(44-21-27)26-12-14-28(43-20-26)25-11-16-30-31(19-25)47-38(46-30)34-10-8-18-52(34)40(54)36(24(3)4)50-42(56)58-6/h11-16,19-24,33-36H,7-10,17-18H2,1-6H3,(H,45,48)(H,46,47)(H,49,55)(H,50,56)/t33-,34-,35-,36-/m0/s1. The maximum Gasteiger partial charge on any atom is 0.407 e. The third kappa shape index (κ3) is 8.22. The van der Waals surface area contributed by atoms with Crippen molar-refractivity contribution in [1.29, 1.82) is 0 Å². The lowest BCUT2D eigenvalue weighted by atomic mass is 10.0. The Morgan fingerprint density at radius 3 is 1.74 bits per heavy atom. The van der Waals surface area contributed by atoms with E-state index in [1.54, 1.807) is 28.4 Å². The van der Waals surface area contributed by atoms with E-state index in [1.807, 2.05) is 70.2 Å². The van der Waals surface area contributed by atoms with Crippen molar-refractivity contribution in [2.24, 2.45) is 11.8 Å². The summed E-state index contributed by atoms with van der Waals surface area (Å²) in [7, 11) is 2.57. The molecule has 1 aromatic carbocycles. The number of aromatic amines is 2. The summed E-state index contributed by atoms with van der Waals surface area (Å²) in [5.74, 6) is 0.861. The van der Waals surface area contributed by atoms with E-state index in [1.165, 1.54) is 14.2 Å². The molecule has 304 valence electrons. The Labute approximate surface area is 336 Å². The SMILES string of the molecule is COC(=O)N[C@H](C(=O)N1CCC[C@H]1c1ncc(-c2ccc(-c3ccc(-c4ccc5nc([C@@H]6CCCN6C(=O)[C@@H](NC(=O)OC)C(C)C)[nH]c5c4)nc3)nc2)[nH]1)C(C)C. The second kappa shape index (κ2) is 17.0. The molecule has 7 rings (SSSR count). The fourth-order valence-electron chi connectivity index (χ4n) is 7.82. The van der Waals surface area contributed by atoms with Crippen LogP contribution in [0.15, 0.2) is 61.1 Å². The number of hydrogen-bond acceptors (Lipinski definition) is 10. The van der Waals surface area contributed by atoms with Gasteiger partial charge < -0.3 is 39.9 Å². The number of carbonyl (C=O) groups excluding carboxylic acids is 4. The number of aromatic nitrogens is 6. The first kappa shape index (κ1) is 39.9. The molecular weight excluding hydrogens is 741 g/mol. The van der Waals surface area contributed by atoms with Crippen LogP contribution in [0.4, 0.5) is 9.59 Å². The number of nitrogens with zero attached hydrogens (tertiary/aromatic N) is 6. The van der Waals surface area contributed by atoms with Crippen molar-refractivity contribution < 1.29 is 28.7 Å². The van der Waals surface area contributed by atoms with E-state index in [0.29, 0.717) is 24.7 Å². The quantitative estimate of drug-likeness (QED) is 0.120. The van der Waals surface area contributed by atoms with Crippen molar-refractivity contribution in [3.8, 4) is 33.8 Å². The van der Waals surface area contributed by atoms with Crippen LogP contribution in [0.1, 0.15) is 77.1 Å². The smallest absolute Gasteiger partial charge is 0.407 e. The molecule has 4 N–H and O–H groups in total. The number of hydrogen-bond donors (Lipinski definition) is 4. The van der Waals surface area contributed by atoms with Gasteiger partial charge in [0.05, 0.1) is 60.6 Å². The van der Waals surface area contributed by atoms with Gasteiger partial charge >= 0.3 is 12.2 Å². The van der Waals surface area contributed by atoms with Crippen LogP contribution in [0.2, 0.25) is 0 Å². The Kier molecular flexibility index (Phi) is 11.7. The number of carbonyl (C=O) groups is 4. The molecule has 6 heterocycles. The molecule has 2 aliphatic heterocycles. The highest BCUT2D eigenvalue weighted by atomic mass is 16.5. The fraction of sp³-hybridized carbons (Fsp3) is 0.429. The highest BCUT2D eigenvalue weighted by Crippen LogP contribution is 2.35. The predicted molar refractivity (Wildman–Crippen MR) is 216 cm³/mol. The summed E-state index contributed by atoms with van der Waals surface area (Å²) in [5, 5.41) is 5.38. The molecule has 4 atom stereocenters. The van der Waals surface area contributed by atoms with Gasteiger partial charge in [0.15, 0.2) is 0 Å². The number of ether oxygens (including phenoxy) is 2. The molecule has 16 heteroatoms. The van der Waals surface area contributed by atoms with E-state index in [0.717, 1.165) is 70.5 Å². The number of benzene rings is 1. The van der Waals surface area contributed by atoms with Crippen LogP contribution in [-0.4, -0.2) is 103 Å². The van der Waals surface area contributed by atoms with Crippen molar-refractivity contribution >= 4 is 35.0 Å². The minimum atomic E-state index is -0.702. The number of rotatable bonds is 11. The molecule has 0 saturated carbocycles. The zero-order valence-electron chi connectivity index (χ0n) is 33.6. The number of fused-ring (bicyclic) bond motifs is 1. The largest absolute Gasteiger partial charge is 0.453 e. The molecule has 2 saturated heterocycles. The summed E-state index contributed by atoms with van der Waals surface area (Å²) in [6.45, 7) is 8.73. The van der Waals surface area contributed by atoms with Crippen LogP contribution in [0.3, 0.4) is 0 Å². The topological polar surface area (TPSA) is 200 Å². The van der Waals surface area contributed by atoms with Gasteiger partial charge in [-0.25, -0.2) is 19.6 Å². The molecule has 0 bridgehead atoms. The molecule has 0 unspecified atom stereocenters. The number of amides is 4. The number of nitrogens with one attached hydrogen (secondary N) is 4. The molecule has 58 heavy (non-hydrogen) atoms. The van der Waals surface area contributed by atoms with E-state index >= 15 is 0 Å². The zero-order chi connectivity index (χ0) is 41.1. The van der Waals surface area contributed by atoms with Crippen LogP contribution >= 0.6 is 0 Å². The minimum absolute atomic E-state index is 0.116. The van der Waals surface area contributed by atoms with E-state index in [9.17, 15) is 19.2 Å². The van der Waals surface area contributed by atoms with Gasteiger partial charge in [-0.1, -0.05) is 33.8 Å². The van der Waals surface area contributed by atoms with Gasteiger partial charge in [0.1, 0.15) is 23.7 Å². The Balaban J connectivity index is 1.02. The van der Waals surface area contributed by atoms with Gasteiger partial charge in [-0.2, -0.15) is 0 Å². The second-order valence-electron chi connectivity index (χ2n) is 15.5. The molecule has 0 radical (unpaired) electrons. The number of alkyl carbamates (subject to hydrolysis) is 2. The number of imidazole rings is 2. The first-order valence-corrected chi connectivity index (χ1v) is 19.7. The summed E-state index contributed by atoms with van der Waals surface area (Å²) in [6.07, 6.45) is 7.27. The molecule has 0 spiro atoms. The van der Waals surface area contributed by atoms with Crippen molar-refractivity contribution in [3.63, 3.8) is 0 Å². The summed E-state index contributed by atoms with van der Waals surface area (Å²) in [5.41, 5.74) is 6.59. The van der Waals surface area contributed by atoms with E-state index in [4.69, 9.17) is 24.4 Å². The maximum atomic E-state index is 13.6. The van der Waals surface area contributed by atoms with E-state index < -0.39 is 24.3 Å². The number of pyridine rings is 2. The maximum absolute atomic E-state index is 13.6. The summed E-state index contributed by atoms with van der Waals surface area (Å²) < 4.78 is 9.51. The predicted octanol–water partition coefficient (Wildman–Crippen LogP) is 6.17. The van der Waals surface area contributed by atoms with Crippen LogP contribution in [0.25, 0.3) is 44.8 Å². The van der Waals surface area contributed by atoms with Gasteiger partial charge in [-0.05, 0) is 73.9 Å². The van der Waals surface area contributed by atoms with Gasteiger partial charge in [0, 0.05) is 42.2 Å². The Morgan fingerprint density at radius 2 is 1.21 bits per heavy atom. The lowest BCUT2D eigenvalue weighted by Crippen LogP contribution is -2.51. The van der Waals surface area contributed by atoms with Crippen LogP contribution in [-0.2, 0) is 19.1 Å². The minimum Gasteiger partial charge on any atom is -0.453 e. The van der Waals surface area contributed by atoms with Gasteiger partial charge in [-0.3, -0.25) is 19.6 Å². The highest BCUT2D eigenvalue weighted by Gasteiger charge is 2.39. The van der Waals surface area contributed by atoms with Crippen molar-refractivity contribution in [3.05, 3.63) is 72.7 Å². The average Bonchev–Trinajstić information content (AvgIpc) is 4.07. The van der Waals surface area contributed by atoms with Crippen LogP contribution in [0, 0.1) is 11.8 Å². The Morgan fingerprint density at radius 1 is 0.672 bits per heavy atom. The van der Waals surface area contributed by atoms with Crippen molar-refractivity contribution in [1.82, 2.24) is 50.3 Å². The average molecular weight is 791 g/mol. The monoisotopic (exact) mass is 790 g/mol. The molecule has 16 nitrogen and oxygen atoms in total. The lowest BCUT2D eigenvalue weighted by Gasteiger charge is -2.30.